The summed E-state index contributed by atoms with van der Waals surface area (Å²) in [6.45, 7) is 3.51. The highest BCUT2D eigenvalue weighted by Crippen LogP contribution is 2.49. The van der Waals surface area contributed by atoms with Gasteiger partial charge in [0.05, 0.1) is 6.20 Å². The van der Waals surface area contributed by atoms with Crippen molar-refractivity contribution >= 4 is 0 Å². The van der Waals surface area contributed by atoms with Gasteiger partial charge in [0.25, 0.3) is 0 Å². The SMILES string of the molecule is CCCC1(CNC2CCCc3c2cnn3C)CC1. The molecule has 1 aromatic rings. The van der Waals surface area contributed by atoms with Gasteiger partial charge in [0, 0.05) is 30.9 Å². The van der Waals surface area contributed by atoms with E-state index in [1.54, 1.807) is 0 Å². The highest BCUT2D eigenvalue weighted by Gasteiger charge is 2.41. The Labute approximate surface area is 110 Å². The van der Waals surface area contributed by atoms with E-state index in [1.807, 2.05) is 0 Å². The Morgan fingerprint density at radius 1 is 1.50 bits per heavy atom. The number of aryl methyl sites for hydroxylation is 1. The van der Waals surface area contributed by atoms with Gasteiger partial charge in [-0.25, -0.2) is 0 Å². The molecule has 0 aliphatic heterocycles. The molecule has 1 heterocycles. The van der Waals surface area contributed by atoms with Gasteiger partial charge in [-0.15, -0.1) is 0 Å². The minimum atomic E-state index is 0.553. The Morgan fingerprint density at radius 2 is 2.33 bits per heavy atom. The second-order valence-corrected chi connectivity index (χ2v) is 6.25. The van der Waals surface area contributed by atoms with E-state index < -0.39 is 0 Å². The predicted octanol–water partition coefficient (Wildman–Crippen LogP) is 2.97. The summed E-state index contributed by atoms with van der Waals surface area (Å²) in [5.74, 6) is 0. The molecular formula is C15H25N3. The normalized spacial score (nSPS) is 24.9. The number of hydrogen-bond acceptors (Lipinski definition) is 2. The van der Waals surface area contributed by atoms with Gasteiger partial charge in [0.15, 0.2) is 0 Å². The van der Waals surface area contributed by atoms with Gasteiger partial charge in [0.1, 0.15) is 0 Å². The fraction of sp³-hybridized carbons (Fsp3) is 0.800. The van der Waals surface area contributed by atoms with Crippen LogP contribution in [0.25, 0.3) is 0 Å². The van der Waals surface area contributed by atoms with Crippen molar-refractivity contribution in [2.45, 2.75) is 57.9 Å². The van der Waals surface area contributed by atoms with Crippen molar-refractivity contribution in [2.24, 2.45) is 12.5 Å². The molecule has 1 saturated carbocycles. The minimum Gasteiger partial charge on any atom is -0.309 e. The molecule has 1 N–H and O–H groups in total. The average molecular weight is 247 g/mol. The van der Waals surface area contributed by atoms with E-state index in [9.17, 15) is 0 Å². The van der Waals surface area contributed by atoms with Gasteiger partial charge in [0.2, 0.25) is 0 Å². The zero-order chi connectivity index (χ0) is 12.6. The van der Waals surface area contributed by atoms with Crippen LogP contribution >= 0.6 is 0 Å². The van der Waals surface area contributed by atoms with E-state index in [4.69, 9.17) is 0 Å². The monoisotopic (exact) mass is 247 g/mol. The van der Waals surface area contributed by atoms with Crippen LogP contribution < -0.4 is 5.32 Å². The Bertz CT molecular complexity index is 417. The van der Waals surface area contributed by atoms with Crippen molar-refractivity contribution in [2.75, 3.05) is 6.54 Å². The molecule has 1 fully saturated rings. The van der Waals surface area contributed by atoms with Crippen LogP contribution in [-0.4, -0.2) is 16.3 Å². The van der Waals surface area contributed by atoms with E-state index in [-0.39, 0.29) is 0 Å². The largest absolute Gasteiger partial charge is 0.309 e. The molecule has 3 nitrogen and oxygen atoms in total. The third-order valence-electron chi connectivity index (χ3n) is 4.84. The van der Waals surface area contributed by atoms with Crippen molar-refractivity contribution < 1.29 is 0 Å². The molecule has 1 aromatic heterocycles. The smallest absolute Gasteiger partial charge is 0.0540 e. The lowest BCUT2D eigenvalue weighted by Gasteiger charge is -2.26. The summed E-state index contributed by atoms with van der Waals surface area (Å²) < 4.78 is 2.06. The molecule has 3 heteroatoms. The van der Waals surface area contributed by atoms with Crippen LogP contribution in [0.2, 0.25) is 0 Å². The summed E-state index contributed by atoms with van der Waals surface area (Å²) in [5, 5.41) is 8.25. The number of hydrogen-bond donors (Lipinski definition) is 1. The van der Waals surface area contributed by atoms with Gasteiger partial charge in [-0.05, 0) is 43.9 Å². The van der Waals surface area contributed by atoms with Gasteiger partial charge in [-0.1, -0.05) is 13.3 Å². The van der Waals surface area contributed by atoms with E-state index >= 15 is 0 Å². The second kappa shape index (κ2) is 4.69. The number of rotatable bonds is 5. The maximum absolute atomic E-state index is 4.42. The molecule has 3 rings (SSSR count). The number of fused-ring (bicyclic) bond motifs is 1. The number of aromatic nitrogens is 2. The van der Waals surface area contributed by atoms with E-state index in [0.717, 1.165) is 0 Å². The molecule has 0 aromatic carbocycles. The van der Waals surface area contributed by atoms with Crippen LogP contribution in [-0.2, 0) is 13.5 Å². The van der Waals surface area contributed by atoms with Gasteiger partial charge in [-0.2, -0.15) is 5.10 Å². The molecular weight excluding hydrogens is 222 g/mol. The Morgan fingerprint density at radius 3 is 3.06 bits per heavy atom. The van der Waals surface area contributed by atoms with Crippen molar-refractivity contribution in [3.8, 4) is 0 Å². The lowest BCUT2D eigenvalue weighted by Crippen LogP contribution is -2.30. The first-order valence-electron chi connectivity index (χ1n) is 7.48. The van der Waals surface area contributed by atoms with E-state index in [2.05, 4.69) is 35.3 Å². The van der Waals surface area contributed by atoms with Crippen molar-refractivity contribution in [3.05, 3.63) is 17.5 Å². The van der Waals surface area contributed by atoms with Gasteiger partial charge < -0.3 is 5.32 Å². The lowest BCUT2D eigenvalue weighted by atomic mass is 9.92. The predicted molar refractivity (Wildman–Crippen MR) is 73.5 cm³/mol. The molecule has 0 saturated heterocycles. The van der Waals surface area contributed by atoms with E-state index in [0.29, 0.717) is 11.5 Å². The third kappa shape index (κ3) is 2.20. The molecule has 0 spiro atoms. The van der Waals surface area contributed by atoms with Crippen LogP contribution in [0, 0.1) is 5.41 Å². The van der Waals surface area contributed by atoms with Crippen molar-refractivity contribution in [1.82, 2.24) is 15.1 Å². The van der Waals surface area contributed by atoms with Crippen LogP contribution in [0.15, 0.2) is 6.20 Å². The summed E-state index contributed by atoms with van der Waals surface area (Å²) in [7, 11) is 2.07. The number of nitrogens with one attached hydrogen (secondary N) is 1. The Kier molecular flexibility index (Phi) is 3.18. The lowest BCUT2D eigenvalue weighted by molar-refractivity contribution is 0.366. The molecule has 0 radical (unpaired) electrons. The first-order valence-corrected chi connectivity index (χ1v) is 7.48. The quantitative estimate of drug-likeness (QED) is 0.867. The molecule has 0 bridgehead atoms. The Balaban J connectivity index is 1.64. The molecule has 1 unspecified atom stereocenters. The summed E-state index contributed by atoms with van der Waals surface area (Å²) in [6, 6.07) is 0.553. The molecule has 18 heavy (non-hydrogen) atoms. The van der Waals surface area contributed by atoms with Crippen LogP contribution in [0.3, 0.4) is 0 Å². The fourth-order valence-corrected chi connectivity index (χ4v) is 3.48. The highest BCUT2D eigenvalue weighted by molar-refractivity contribution is 5.24. The molecule has 100 valence electrons. The molecule has 2 aliphatic carbocycles. The summed E-state index contributed by atoms with van der Waals surface area (Å²) in [5.41, 5.74) is 3.55. The van der Waals surface area contributed by atoms with Gasteiger partial charge >= 0.3 is 0 Å². The topological polar surface area (TPSA) is 29.9 Å². The summed E-state index contributed by atoms with van der Waals surface area (Å²) in [4.78, 5) is 0. The maximum Gasteiger partial charge on any atom is 0.0540 e. The van der Waals surface area contributed by atoms with Crippen LogP contribution in [0.5, 0.6) is 0 Å². The minimum absolute atomic E-state index is 0.553. The first-order chi connectivity index (χ1) is 8.74. The van der Waals surface area contributed by atoms with Crippen molar-refractivity contribution in [1.29, 1.82) is 0 Å². The zero-order valence-corrected chi connectivity index (χ0v) is 11.7. The van der Waals surface area contributed by atoms with Gasteiger partial charge in [-0.3, -0.25) is 4.68 Å². The summed E-state index contributed by atoms with van der Waals surface area (Å²) >= 11 is 0. The standard InChI is InChI=1S/C15H25N3/c1-3-7-15(8-9-15)11-16-13-5-4-6-14-12(13)10-17-18(14)2/h10,13,16H,3-9,11H2,1-2H3. The molecule has 2 aliphatic rings. The highest BCUT2D eigenvalue weighted by atomic mass is 15.3. The van der Waals surface area contributed by atoms with Crippen LogP contribution in [0.1, 0.15) is 62.7 Å². The Hall–Kier alpha value is -0.830. The number of nitrogens with zero attached hydrogens (tertiary/aromatic N) is 2. The third-order valence-corrected chi connectivity index (χ3v) is 4.84. The average Bonchev–Trinajstić information content (AvgIpc) is 3.04. The van der Waals surface area contributed by atoms with E-state index in [1.165, 1.54) is 62.7 Å². The second-order valence-electron chi connectivity index (χ2n) is 6.25. The first kappa shape index (κ1) is 12.2. The molecule has 1 atom stereocenters. The fourth-order valence-electron chi connectivity index (χ4n) is 3.48. The van der Waals surface area contributed by atoms with Crippen LogP contribution in [0.4, 0.5) is 0 Å². The maximum atomic E-state index is 4.42. The van der Waals surface area contributed by atoms with Crippen molar-refractivity contribution in [3.63, 3.8) is 0 Å². The zero-order valence-electron chi connectivity index (χ0n) is 11.7. The summed E-state index contributed by atoms with van der Waals surface area (Å²) in [6.07, 6.45) is 11.4. The molecule has 0 amide bonds.